The van der Waals surface area contributed by atoms with Crippen LogP contribution in [-0.2, 0) is 6.54 Å². The maximum Gasteiger partial charge on any atom is 0.315 e. The number of benzene rings is 2. The number of fused-ring (bicyclic) bond motifs is 1. The van der Waals surface area contributed by atoms with E-state index in [2.05, 4.69) is 4.90 Å². The molecule has 0 unspecified atom stereocenters. The predicted molar refractivity (Wildman–Crippen MR) is 120 cm³/mol. The Labute approximate surface area is 196 Å². The van der Waals surface area contributed by atoms with Crippen LogP contribution in [0.2, 0.25) is 0 Å². The molecule has 2 N–H and O–H groups in total. The molecule has 32 heavy (non-hydrogen) atoms. The van der Waals surface area contributed by atoms with Gasteiger partial charge in [-0.15, -0.1) is 24.8 Å². The summed E-state index contributed by atoms with van der Waals surface area (Å²) in [6, 6.07) is 7.93. The molecule has 0 amide bonds. The maximum atomic E-state index is 12.5. The number of ketones is 1. The van der Waals surface area contributed by atoms with E-state index in [1.54, 1.807) is 0 Å². The van der Waals surface area contributed by atoms with Gasteiger partial charge in [0.25, 0.3) is 0 Å². The molecule has 2 aromatic carbocycles. The average molecular weight is 488 g/mol. The molecule has 2 heterocycles. The molecule has 4 rings (SSSR count). The van der Waals surface area contributed by atoms with E-state index in [-0.39, 0.29) is 49.5 Å². The van der Waals surface area contributed by atoms with Crippen LogP contribution in [-0.4, -0.2) is 70.2 Å². The molecule has 0 atom stereocenters. The number of ether oxygens (including phenoxy) is 2. The number of Topliss-reactive ketones (excluding diaryl/α,β-unsaturated/α-hetero) is 1. The zero-order chi connectivity index (χ0) is 21.3. The van der Waals surface area contributed by atoms with Gasteiger partial charge in [0, 0.05) is 44.4 Å². The topological polar surface area (TPSA) is 126 Å². The Morgan fingerprint density at radius 3 is 2.34 bits per heavy atom. The van der Waals surface area contributed by atoms with Crippen LogP contribution >= 0.6 is 24.8 Å². The molecule has 0 saturated carbocycles. The number of phenols is 2. The second-order valence-electron chi connectivity index (χ2n) is 7.28. The summed E-state index contributed by atoms with van der Waals surface area (Å²) in [5, 5.41) is 30.2. The van der Waals surface area contributed by atoms with Crippen LogP contribution in [0.1, 0.15) is 15.9 Å². The lowest BCUT2D eigenvalue weighted by atomic mass is 10.1. The van der Waals surface area contributed by atoms with Crippen LogP contribution in [0, 0.1) is 10.1 Å². The van der Waals surface area contributed by atoms with E-state index in [1.807, 2.05) is 23.1 Å². The molecule has 10 nitrogen and oxygen atoms in total. The first-order valence-corrected chi connectivity index (χ1v) is 9.47. The first kappa shape index (κ1) is 25.5. The van der Waals surface area contributed by atoms with Crippen LogP contribution in [0.4, 0.5) is 5.69 Å². The second kappa shape index (κ2) is 10.7. The van der Waals surface area contributed by atoms with Gasteiger partial charge in [0.1, 0.15) is 0 Å². The number of hydrogen-bond donors (Lipinski definition) is 2. The normalized spacial score (nSPS) is 15.5. The lowest BCUT2D eigenvalue weighted by Crippen LogP contribution is -2.47. The molecule has 1 fully saturated rings. The van der Waals surface area contributed by atoms with Crippen LogP contribution in [0.5, 0.6) is 23.0 Å². The Kier molecular flexibility index (Phi) is 8.51. The van der Waals surface area contributed by atoms with E-state index in [4.69, 9.17) is 9.47 Å². The third-order valence-electron chi connectivity index (χ3n) is 5.26. The van der Waals surface area contributed by atoms with Crippen molar-refractivity contribution in [1.82, 2.24) is 9.80 Å². The van der Waals surface area contributed by atoms with Gasteiger partial charge in [-0.1, -0.05) is 6.07 Å². The number of piperazine rings is 1. The SMILES string of the molecule is Cl.Cl.O=C(CN1CCN(Cc2ccc3c(c2)OCO3)CC1)c1cc(O)c(O)c([N+](=O)[O-])c1. The Balaban J connectivity index is 0.00000181. The Hall–Kier alpha value is -2.79. The van der Waals surface area contributed by atoms with Gasteiger partial charge in [0.05, 0.1) is 11.5 Å². The molecule has 174 valence electrons. The fraction of sp³-hybridized carbons (Fsp3) is 0.350. The molecule has 2 aliphatic heterocycles. The van der Waals surface area contributed by atoms with Crippen molar-refractivity contribution in [3.63, 3.8) is 0 Å². The number of aromatic hydroxyl groups is 2. The first-order valence-electron chi connectivity index (χ1n) is 9.47. The summed E-state index contributed by atoms with van der Waals surface area (Å²) in [4.78, 5) is 26.9. The summed E-state index contributed by atoms with van der Waals surface area (Å²) in [6.07, 6.45) is 0. The molecule has 1 saturated heterocycles. The molecule has 0 bridgehead atoms. The lowest BCUT2D eigenvalue weighted by molar-refractivity contribution is -0.386. The summed E-state index contributed by atoms with van der Waals surface area (Å²) >= 11 is 0. The lowest BCUT2D eigenvalue weighted by Gasteiger charge is -2.34. The smallest absolute Gasteiger partial charge is 0.315 e. The Morgan fingerprint density at radius 2 is 1.66 bits per heavy atom. The van der Waals surface area contributed by atoms with Gasteiger partial charge in [-0.2, -0.15) is 0 Å². The van der Waals surface area contributed by atoms with Crippen molar-refractivity contribution in [3.05, 3.63) is 51.6 Å². The van der Waals surface area contributed by atoms with E-state index in [0.717, 1.165) is 48.8 Å². The first-order chi connectivity index (χ1) is 14.4. The number of rotatable bonds is 6. The van der Waals surface area contributed by atoms with Crippen molar-refractivity contribution in [2.45, 2.75) is 6.54 Å². The number of halogens is 2. The van der Waals surface area contributed by atoms with Crippen molar-refractivity contribution in [3.8, 4) is 23.0 Å². The standard InChI is InChI=1S/C20H21N3O7.2ClH/c24-16-9-14(8-15(20(16)26)23(27)28)17(25)11-22-5-3-21(4-6-22)10-13-1-2-18-19(7-13)30-12-29-18;;/h1-2,7-9,24,26H,3-6,10-12H2;2*1H. The average Bonchev–Trinajstić information content (AvgIpc) is 3.19. The highest BCUT2D eigenvalue weighted by Gasteiger charge is 2.24. The Bertz CT molecular complexity index is 997. The van der Waals surface area contributed by atoms with E-state index >= 15 is 0 Å². The molecule has 0 aromatic heterocycles. The summed E-state index contributed by atoms with van der Waals surface area (Å²) in [7, 11) is 0. The van der Waals surface area contributed by atoms with Gasteiger partial charge >= 0.3 is 5.69 Å². The Morgan fingerprint density at radius 1 is 1.00 bits per heavy atom. The van der Waals surface area contributed by atoms with Gasteiger partial charge in [-0.25, -0.2) is 0 Å². The monoisotopic (exact) mass is 487 g/mol. The molecule has 0 spiro atoms. The number of nitrogens with zero attached hydrogens (tertiary/aromatic N) is 3. The highest BCUT2D eigenvalue weighted by Crippen LogP contribution is 2.36. The van der Waals surface area contributed by atoms with Gasteiger partial charge in [-0.05, 0) is 23.8 Å². The van der Waals surface area contributed by atoms with E-state index in [1.165, 1.54) is 0 Å². The molecule has 0 radical (unpaired) electrons. The van der Waals surface area contributed by atoms with E-state index in [9.17, 15) is 25.1 Å². The zero-order valence-corrected chi connectivity index (χ0v) is 18.6. The molecule has 12 heteroatoms. The van der Waals surface area contributed by atoms with Gasteiger partial charge in [0.2, 0.25) is 12.5 Å². The minimum absolute atomic E-state index is 0. The predicted octanol–water partition coefficient (Wildman–Crippen LogP) is 2.58. The number of carbonyl (C=O) groups excluding carboxylic acids is 1. The third-order valence-corrected chi connectivity index (χ3v) is 5.26. The molecule has 0 aliphatic carbocycles. The zero-order valence-electron chi connectivity index (χ0n) is 16.9. The minimum atomic E-state index is -0.839. The second-order valence-corrected chi connectivity index (χ2v) is 7.28. The van der Waals surface area contributed by atoms with Gasteiger partial charge < -0.3 is 19.7 Å². The number of nitro groups is 1. The van der Waals surface area contributed by atoms with Crippen LogP contribution in [0.15, 0.2) is 30.3 Å². The fourth-order valence-corrected chi connectivity index (χ4v) is 3.60. The molecular weight excluding hydrogens is 465 g/mol. The summed E-state index contributed by atoms with van der Waals surface area (Å²) in [6.45, 7) is 3.96. The van der Waals surface area contributed by atoms with Crippen molar-refractivity contribution in [1.29, 1.82) is 0 Å². The third kappa shape index (κ3) is 5.52. The van der Waals surface area contributed by atoms with Crippen LogP contribution < -0.4 is 9.47 Å². The summed E-state index contributed by atoms with van der Waals surface area (Å²) < 4.78 is 10.7. The van der Waals surface area contributed by atoms with Crippen molar-refractivity contribution < 1.29 is 29.4 Å². The van der Waals surface area contributed by atoms with Crippen LogP contribution in [0.25, 0.3) is 0 Å². The highest BCUT2D eigenvalue weighted by molar-refractivity contribution is 5.99. The molecule has 2 aromatic rings. The maximum absolute atomic E-state index is 12.5. The number of hydrogen-bond acceptors (Lipinski definition) is 9. The van der Waals surface area contributed by atoms with Crippen LogP contribution in [0.3, 0.4) is 0 Å². The number of nitro benzene ring substituents is 1. The minimum Gasteiger partial charge on any atom is -0.504 e. The van der Waals surface area contributed by atoms with Crippen molar-refractivity contribution in [2.75, 3.05) is 39.5 Å². The molecular formula is C20H23Cl2N3O7. The number of phenolic OH excluding ortho intramolecular Hbond substituents is 2. The van der Waals surface area contributed by atoms with E-state index in [0.29, 0.717) is 13.1 Å². The van der Waals surface area contributed by atoms with Gasteiger partial charge in [0.15, 0.2) is 23.0 Å². The van der Waals surface area contributed by atoms with E-state index < -0.39 is 22.1 Å². The molecule has 2 aliphatic rings. The quantitative estimate of drug-likeness (QED) is 0.273. The summed E-state index contributed by atoms with van der Waals surface area (Å²) in [5.74, 6) is -0.363. The van der Waals surface area contributed by atoms with Crippen molar-refractivity contribution in [2.24, 2.45) is 0 Å². The van der Waals surface area contributed by atoms with Crippen molar-refractivity contribution >= 4 is 36.3 Å². The number of carbonyl (C=O) groups is 1. The largest absolute Gasteiger partial charge is 0.504 e. The summed E-state index contributed by atoms with van der Waals surface area (Å²) in [5.41, 5.74) is 0.433. The highest BCUT2D eigenvalue weighted by atomic mass is 35.5. The fourth-order valence-electron chi connectivity index (χ4n) is 3.60. The van der Waals surface area contributed by atoms with Gasteiger partial charge in [-0.3, -0.25) is 24.7 Å².